The van der Waals surface area contributed by atoms with Crippen molar-refractivity contribution in [2.24, 2.45) is 0 Å². The molecule has 2 nitrogen and oxygen atoms in total. The molecular weight excluding hydrogens is 126 g/mol. The monoisotopic (exact) mass is 141 g/mol. The Bertz CT molecular complexity index is 108. The van der Waals surface area contributed by atoms with Gasteiger partial charge in [-0.05, 0) is 12.8 Å². The van der Waals surface area contributed by atoms with E-state index in [1.807, 2.05) is 6.08 Å². The van der Waals surface area contributed by atoms with Gasteiger partial charge in [0.1, 0.15) is 0 Å². The molecule has 0 aromatic rings. The first-order valence-corrected chi connectivity index (χ1v) is 3.74. The molecular formula is C8H15NO. The second-order valence-electron chi connectivity index (χ2n) is 2.72. The van der Waals surface area contributed by atoms with Crippen LogP contribution in [0, 0.1) is 0 Å². The van der Waals surface area contributed by atoms with E-state index in [2.05, 4.69) is 11.9 Å². The van der Waals surface area contributed by atoms with Gasteiger partial charge in [0, 0.05) is 19.7 Å². The zero-order valence-corrected chi connectivity index (χ0v) is 6.47. The van der Waals surface area contributed by atoms with Crippen molar-refractivity contribution >= 4 is 0 Å². The average molecular weight is 141 g/mol. The van der Waals surface area contributed by atoms with Crippen molar-refractivity contribution in [3.63, 3.8) is 0 Å². The zero-order valence-electron chi connectivity index (χ0n) is 6.47. The molecule has 2 heteroatoms. The molecule has 0 radical (unpaired) electrons. The van der Waals surface area contributed by atoms with Crippen LogP contribution in [0.3, 0.4) is 0 Å². The van der Waals surface area contributed by atoms with Gasteiger partial charge in [-0.1, -0.05) is 6.08 Å². The fourth-order valence-electron chi connectivity index (χ4n) is 1.17. The average Bonchev–Trinajstić information content (AvgIpc) is 1.86. The molecule has 10 heavy (non-hydrogen) atoms. The highest BCUT2D eigenvalue weighted by molar-refractivity contribution is 4.87. The van der Waals surface area contributed by atoms with Crippen LogP contribution >= 0.6 is 0 Å². The first-order valence-electron chi connectivity index (χ1n) is 3.74. The molecule has 0 aromatic heterocycles. The van der Waals surface area contributed by atoms with E-state index < -0.39 is 0 Å². The highest BCUT2D eigenvalue weighted by Crippen LogP contribution is 2.21. The Labute approximate surface area is 62.3 Å². The summed E-state index contributed by atoms with van der Waals surface area (Å²) in [6.45, 7) is 4.55. The number of hydrogen-bond donors (Lipinski definition) is 1. The van der Waals surface area contributed by atoms with Crippen LogP contribution in [0.1, 0.15) is 12.8 Å². The standard InChI is InChI=1S/C8H15NO/c1-3-4-9-7-5-8(6-7)10-2/h3,7-9H,1,4-6H2,2H3. The molecule has 1 rings (SSSR count). The van der Waals surface area contributed by atoms with Gasteiger partial charge in [-0.25, -0.2) is 0 Å². The summed E-state index contributed by atoms with van der Waals surface area (Å²) in [6.07, 6.45) is 4.71. The second kappa shape index (κ2) is 3.74. The van der Waals surface area contributed by atoms with E-state index in [1.165, 1.54) is 0 Å². The molecule has 1 aliphatic rings. The summed E-state index contributed by atoms with van der Waals surface area (Å²) < 4.78 is 5.13. The Morgan fingerprint density at radius 2 is 2.40 bits per heavy atom. The van der Waals surface area contributed by atoms with Crippen LogP contribution in [-0.4, -0.2) is 25.8 Å². The Morgan fingerprint density at radius 1 is 1.70 bits per heavy atom. The van der Waals surface area contributed by atoms with Gasteiger partial charge in [0.15, 0.2) is 0 Å². The van der Waals surface area contributed by atoms with Gasteiger partial charge >= 0.3 is 0 Å². The first kappa shape index (κ1) is 7.76. The molecule has 0 saturated heterocycles. The van der Waals surface area contributed by atoms with E-state index in [-0.39, 0.29) is 0 Å². The summed E-state index contributed by atoms with van der Waals surface area (Å²) in [7, 11) is 1.77. The molecule has 0 heterocycles. The van der Waals surface area contributed by atoms with E-state index in [1.54, 1.807) is 7.11 Å². The van der Waals surface area contributed by atoms with Gasteiger partial charge in [-0.15, -0.1) is 6.58 Å². The molecule has 1 fully saturated rings. The predicted molar refractivity (Wildman–Crippen MR) is 42.0 cm³/mol. The Kier molecular flexibility index (Phi) is 2.90. The molecule has 0 aromatic carbocycles. The van der Waals surface area contributed by atoms with E-state index in [0.29, 0.717) is 12.1 Å². The summed E-state index contributed by atoms with van der Waals surface area (Å²) in [4.78, 5) is 0. The predicted octanol–water partition coefficient (Wildman–Crippen LogP) is 0.939. The SMILES string of the molecule is C=CCNC1CC(OC)C1. The van der Waals surface area contributed by atoms with Gasteiger partial charge in [0.2, 0.25) is 0 Å². The van der Waals surface area contributed by atoms with Gasteiger partial charge in [0.25, 0.3) is 0 Å². The summed E-state index contributed by atoms with van der Waals surface area (Å²) in [5.41, 5.74) is 0. The third kappa shape index (κ3) is 1.82. The van der Waals surface area contributed by atoms with Crippen LogP contribution in [0.2, 0.25) is 0 Å². The van der Waals surface area contributed by atoms with Crippen LogP contribution in [0.5, 0.6) is 0 Å². The lowest BCUT2D eigenvalue weighted by Crippen LogP contribution is -2.44. The van der Waals surface area contributed by atoms with E-state index in [0.717, 1.165) is 19.4 Å². The lowest BCUT2D eigenvalue weighted by molar-refractivity contribution is 0.0185. The second-order valence-corrected chi connectivity index (χ2v) is 2.72. The van der Waals surface area contributed by atoms with Crippen LogP contribution in [0.4, 0.5) is 0 Å². The van der Waals surface area contributed by atoms with Crippen molar-refractivity contribution in [1.29, 1.82) is 0 Å². The number of hydrogen-bond acceptors (Lipinski definition) is 2. The first-order chi connectivity index (χ1) is 4.86. The Balaban J connectivity index is 1.97. The normalized spacial score (nSPS) is 31.3. The van der Waals surface area contributed by atoms with E-state index in [9.17, 15) is 0 Å². The Hall–Kier alpha value is -0.340. The molecule has 0 bridgehead atoms. The summed E-state index contributed by atoms with van der Waals surface area (Å²) >= 11 is 0. The van der Waals surface area contributed by atoms with Crippen LogP contribution < -0.4 is 5.32 Å². The maximum atomic E-state index is 5.13. The summed E-state index contributed by atoms with van der Waals surface area (Å²) in [6, 6.07) is 0.669. The van der Waals surface area contributed by atoms with Gasteiger partial charge in [0.05, 0.1) is 6.10 Å². The van der Waals surface area contributed by atoms with Crippen molar-refractivity contribution in [3.8, 4) is 0 Å². The zero-order chi connectivity index (χ0) is 7.40. The molecule has 58 valence electrons. The highest BCUT2D eigenvalue weighted by atomic mass is 16.5. The number of rotatable bonds is 4. The van der Waals surface area contributed by atoms with Crippen molar-refractivity contribution in [2.75, 3.05) is 13.7 Å². The number of methoxy groups -OCH3 is 1. The van der Waals surface area contributed by atoms with Crippen molar-refractivity contribution in [3.05, 3.63) is 12.7 Å². The maximum Gasteiger partial charge on any atom is 0.0601 e. The molecule has 0 unspecified atom stereocenters. The molecule has 0 atom stereocenters. The topological polar surface area (TPSA) is 21.3 Å². The van der Waals surface area contributed by atoms with Crippen molar-refractivity contribution in [2.45, 2.75) is 25.0 Å². The summed E-state index contributed by atoms with van der Waals surface area (Å²) in [5, 5.41) is 3.34. The quantitative estimate of drug-likeness (QED) is 0.588. The fraction of sp³-hybridized carbons (Fsp3) is 0.750. The van der Waals surface area contributed by atoms with E-state index >= 15 is 0 Å². The lowest BCUT2D eigenvalue weighted by atomic mass is 9.89. The number of ether oxygens (including phenoxy) is 1. The molecule has 1 aliphatic carbocycles. The van der Waals surface area contributed by atoms with Crippen molar-refractivity contribution in [1.82, 2.24) is 5.32 Å². The molecule has 1 N–H and O–H groups in total. The van der Waals surface area contributed by atoms with E-state index in [4.69, 9.17) is 4.74 Å². The maximum absolute atomic E-state index is 5.13. The van der Waals surface area contributed by atoms with Gasteiger partial charge in [-0.3, -0.25) is 0 Å². The minimum absolute atomic E-state index is 0.502. The third-order valence-electron chi connectivity index (χ3n) is 1.98. The molecule has 0 aliphatic heterocycles. The van der Waals surface area contributed by atoms with Crippen LogP contribution in [0.15, 0.2) is 12.7 Å². The van der Waals surface area contributed by atoms with Crippen molar-refractivity contribution < 1.29 is 4.74 Å². The van der Waals surface area contributed by atoms with Crippen LogP contribution in [-0.2, 0) is 4.74 Å². The lowest BCUT2D eigenvalue weighted by Gasteiger charge is -2.34. The highest BCUT2D eigenvalue weighted by Gasteiger charge is 2.27. The smallest absolute Gasteiger partial charge is 0.0601 e. The molecule has 0 spiro atoms. The Morgan fingerprint density at radius 3 is 2.90 bits per heavy atom. The van der Waals surface area contributed by atoms with Crippen LogP contribution in [0.25, 0.3) is 0 Å². The molecule has 1 saturated carbocycles. The molecule has 0 amide bonds. The minimum Gasteiger partial charge on any atom is -0.381 e. The fourth-order valence-corrected chi connectivity index (χ4v) is 1.17. The summed E-state index contributed by atoms with van der Waals surface area (Å²) in [5.74, 6) is 0. The largest absolute Gasteiger partial charge is 0.381 e. The third-order valence-corrected chi connectivity index (χ3v) is 1.98. The van der Waals surface area contributed by atoms with Gasteiger partial charge in [-0.2, -0.15) is 0 Å². The minimum atomic E-state index is 0.502. The van der Waals surface area contributed by atoms with Gasteiger partial charge < -0.3 is 10.1 Å². The number of nitrogens with one attached hydrogen (secondary N) is 1.